The van der Waals surface area contributed by atoms with Crippen LogP contribution in [0.25, 0.3) is 0 Å². The molecule has 2 fully saturated rings. The van der Waals surface area contributed by atoms with E-state index in [1.807, 2.05) is 13.8 Å². The van der Waals surface area contributed by atoms with Gasteiger partial charge in [-0.1, -0.05) is 98.8 Å². The summed E-state index contributed by atoms with van der Waals surface area (Å²) in [6.07, 6.45) is 9.34. The fraction of sp³-hybridized carbons (Fsp3) is 0.500. The second-order valence-electron chi connectivity index (χ2n) is 10.9. The Hall–Kier alpha value is -1.86. The van der Waals surface area contributed by atoms with Crippen molar-refractivity contribution in [3.8, 4) is 17.2 Å². The Morgan fingerprint density at radius 2 is 1.26 bits per heavy atom. The van der Waals surface area contributed by atoms with E-state index in [-0.39, 0.29) is 54.8 Å². The van der Waals surface area contributed by atoms with Crippen LogP contribution in [0, 0.1) is 10.8 Å². The largest absolute Gasteiger partial charge is 0.506 e. The molecule has 0 aromatic heterocycles. The molecule has 0 radical (unpaired) electrons. The summed E-state index contributed by atoms with van der Waals surface area (Å²) >= 11 is 25.7. The first-order valence-corrected chi connectivity index (χ1v) is 14.5. The number of benzene rings is 2. The summed E-state index contributed by atoms with van der Waals surface area (Å²) in [5, 5.41) is 16.1. The Morgan fingerprint density at radius 1 is 0.737 bits per heavy atom. The summed E-state index contributed by atoms with van der Waals surface area (Å²) in [6.45, 7) is 3.89. The van der Waals surface area contributed by atoms with E-state index in [0.29, 0.717) is 5.69 Å². The highest BCUT2D eigenvalue weighted by atomic mass is 35.5. The molecule has 0 heterocycles. The number of hydrogen-bond donors (Lipinski definition) is 3. The van der Waals surface area contributed by atoms with Crippen molar-refractivity contribution in [2.75, 3.05) is 10.6 Å². The molecule has 0 spiro atoms. The molecule has 0 saturated heterocycles. The normalized spacial score (nSPS) is 18.5. The number of carbonyl (C=O) groups excluding carboxylic acids is 2. The van der Waals surface area contributed by atoms with Crippen molar-refractivity contribution in [2.45, 2.75) is 78.1 Å². The van der Waals surface area contributed by atoms with Crippen LogP contribution in [0.1, 0.15) is 78.1 Å². The molecule has 2 aliphatic carbocycles. The van der Waals surface area contributed by atoms with E-state index < -0.39 is 10.8 Å². The van der Waals surface area contributed by atoms with Crippen LogP contribution in [0.15, 0.2) is 18.2 Å². The Balaban J connectivity index is 1.60. The zero-order valence-corrected chi connectivity index (χ0v) is 24.5. The number of halogens is 4. The van der Waals surface area contributed by atoms with E-state index in [4.69, 9.17) is 51.1 Å². The Kier molecular flexibility index (Phi) is 8.98. The summed E-state index contributed by atoms with van der Waals surface area (Å²) in [5.74, 6) is -0.422. The summed E-state index contributed by atoms with van der Waals surface area (Å²) in [6, 6.07) is 4.42. The first-order chi connectivity index (χ1) is 17.9. The van der Waals surface area contributed by atoms with E-state index >= 15 is 0 Å². The first-order valence-electron chi connectivity index (χ1n) is 12.9. The fourth-order valence-electron chi connectivity index (χ4n) is 5.27. The Bertz CT molecular complexity index is 1240. The van der Waals surface area contributed by atoms with Crippen LogP contribution in [0.2, 0.25) is 20.1 Å². The van der Waals surface area contributed by atoms with E-state index in [1.165, 1.54) is 6.07 Å². The van der Waals surface area contributed by atoms with Crippen LogP contribution >= 0.6 is 46.4 Å². The van der Waals surface area contributed by atoms with Gasteiger partial charge in [-0.2, -0.15) is 0 Å². The number of rotatable bonds is 6. The average Bonchev–Trinajstić information content (AvgIpc) is 2.90. The van der Waals surface area contributed by atoms with Crippen LogP contribution in [0.3, 0.4) is 0 Å². The van der Waals surface area contributed by atoms with Crippen molar-refractivity contribution in [1.29, 1.82) is 0 Å². The van der Waals surface area contributed by atoms with Gasteiger partial charge in [0.25, 0.3) is 0 Å². The van der Waals surface area contributed by atoms with Gasteiger partial charge in [-0.05, 0) is 37.8 Å². The van der Waals surface area contributed by atoms with E-state index in [1.54, 1.807) is 12.1 Å². The third-order valence-corrected chi connectivity index (χ3v) is 9.64. The number of aromatic hydroxyl groups is 1. The second kappa shape index (κ2) is 11.7. The summed E-state index contributed by atoms with van der Waals surface area (Å²) in [5.41, 5.74) is -0.514. The minimum atomic E-state index is -0.557. The van der Waals surface area contributed by atoms with Crippen molar-refractivity contribution in [3.05, 3.63) is 38.3 Å². The Labute approximate surface area is 243 Å². The van der Waals surface area contributed by atoms with Crippen LogP contribution < -0.4 is 15.4 Å². The van der Waals surface area contributed by atoms with Crippen molar-refractivity contribution < 1.29 is 19.4 Å². The SMILES string of the molecule is CC1(C(=O)Nc2ccc(Oc3cc(O)c(Cl)c(Cl)c3NC(=O)C3(C)CCCCC3)c(Cl)c2Cl)CCCCC1. The quantitative estimate of drug-likeness (QED) is 0.288. The van der Waals surface area contributed by atoms with Crippen LogP contribution in [0.5, 0.6) is 17.2 Å². The molecule has 2 aromatic rings. The monoisotopic (exact) mass is 600 g/mol. The molecule has 0 aliphatic heterocycles. The van der Waals surface area contributed by atoms with Gasteiger partial charge in [0.2, 0.25) is 11.8 Å². The fourth-order valence-corrected chi connectivity index (χ4v) is 6.06. The maximum atomic E-state index is 13.2. The van der Waals surface area contributed by atoms with Crippen molar-refractivity contribution >= 4 is 69.6 Å². The lowest BCUT2D eigenvalue weighted by Crippen LogP contribution is -2.35. The predicted molar refractivity (Wildman–Crippen MR) is 154 cm³/mol. The maximum Gasteiger partial charge on any atom is 0.230 e. The maximum absolute atomic E-state index is 13.2. The zero-order valence-electron chi connectivity index (χ0n) is 21.5. The minimum absolute atomic E-state index is 0.0501. The molecule has 3 N–H and O–H groups in total. The van der Waals surface area contributed by atoms with E-state index in [2.05, 4.69) is 10.6 Å². The molecule has 2 amide bonds. The highest BCUT2D eigenvalue weighted by Crippen LogP contribution is 2.48. The smallest absolute Gasteiger partial charge is 0.230 e. The molecule has 2 aliphatic rings. The van der Waals surface area contributed by atoms with Gasteiger partial charge in [-0.25, -0.2) is 0 Å². The zero-order chi connectivity index (χ0) is 27.7. The Morgan fingerprint density at radius 3 is 1.82 bits per heavy atom. The first kappa shape index (κ1) is 29.1. The molecule has 0 unspecified atom stereocenters. The van der Waals surface area contributed by atoms with Crippen molar-refractivity contribution in [1.82, 2.24) is 0 Å². The molecule has 2 aromatic carbocycles. The molecule has 0 atom stereocenters. The predicted octanol–water partition coefficient (Wildman–Crippen LogP) is 9.62. The van der Waals surface area contributed by atoms with Crippen molar-refractivity contribution in [2.24, 2.45) is 10.8 Å². The number of hydrogen-bond acceptors (Lipinski definition) is 4. The lowest BCUT2D eigenvalue weighted by molar-refractivity contribution is -0.127. The van der Waals surface area contributed by atoms with Crippen LogP contribution in [0.4, 0.5) is 11.4 Å². The van der Waals surface area contributed by atoms with Gasteiger partial charge in [0.15, 0.2) is 5.75 Å². The van der Waals surface area contributed by atoms with Gasteiger partial charge >= 0.3 is 0 Å². The molecule has 2 saturated carbocycles. The van der Waals surface area contributed by atoms with Crippen molar-refractivity contribution in [3.63, 3.8) is 0 Å². The molecule has 4 rings (SSSR count). The molecular weight excluding hydrogens is 570 g/mol. The topological polar surface area (TPSA) is 87.7 Å². The summed E-state index contributed by atoms with van der Waals surface area (Å²) < 4.78 is 6.01. The van der Waals surface area contributed by atoms with Gasteiger partial charge in [-0.3, -0.25) is 9.59 Å². The number of ether oxygens (including phenoxy) is 1. The summed E-state index contributed by atoms with van der Waals surface area (Å²) in [4.78, 5) is 26.2. The number of amides is 2. The van der Waals surface area contributed by atoms with E-state index in [0.717, 1.165) is 64.2 Å². The molecule has 6 nitrogen and oxygen atoms in total. The third-order valence-electron chi connectivity index (χ3n) is 7.92. The molecule has 206 valence electrons. The van der Waals surface area contributed by atoms with Crippen LogP contribution in [-0.2, 0) is 9.59 Å². The second-order valence-corrected chi connectivity index (χ2v) is 12.4. The number of anilines is 2. The van der Waals surface area contributed by atoms with E-state index in [9.17, 15) is 14.7 Å². The van der Waals surface area contributed by atoms with Gasteiger partial charge in [0.1, 0.15) is 27.2 Å². The molecular formula is C28H32Cl4N2O4. The van der Waals surface area contributed by atoms with Gasteiger partial charge in [0, 0.05) is 16.9 Å². The summed E-state index contributed by atoms with van der Waals surface area (Å²) in [7, 11) is 0. The third kappa shape index (κ3) is 5.99. The number of carbonyl (C=O) groups is 2. The number of nitrogens with one attached hydrogen (secondary N) is 2. The molecule has 10 heteroatoms. The van der Waals surface area contributed by atoms with Gasteiger partial charge in [-0.15, -0.1) is 0 Å². The number of phenolic OH excluding ortho intramolecular Hbond substituents is 1. The molecule has 0 bridgehead atoms. The highest BCUT2D eigenvalue weighted by molar-refractivity contribution is 6.46. The van der Waals surface area contributed by atoms with Gasteiger partial charge in [0.05, 0.1) is 15.7 Å². The minimum Gasteiger partial charge on any atom is -0.506 e. The van der Waals surface area contributed by atoms with Gasteiger partial charge < -0.3 is 20.5 Å². The van der Waals surface area contributed by atoms with Crippen LogP contribution in [-0.4, -0.2) is 16.9 Å². The lowest BCUT2D eigenvalue weighted by atomic mass is 9.75. The molecule has 38 heavy (non-hydrogen) atoms. The standard InChI is InChI=1S/C28H32Cl4N2O4/c1-27(11-5-3-6-12-27)25(36)33-16-9-10-18(22(31)20(16)29)38-19-15-17(35)21(30)23(32)24(19)34-26(37)28(2)13-7-4-8-14-28/h9-10,15,35H,3-8,11-14H2,1-2H3,(H,33,36)(H,34,37). The number of phenols is 1. The highest BCUT2D eigenvalue weighted by Gasteiger charge is 2.36. The lowest BCUT2D eigenvalue weighted by Gasteiger charge is -2.32. The average molecular weight is 602 g/mol.